The van der Waals surface area contributed by atoms with Crippen LogP contribution in [-0.4, -0.2) is 40.6 Å². The second-order valence-electron chi connectivity index (χ2n) is 8.59. The Kier molecular flexibility index (Phi) is 5.62. The summed E-state index contributed by atoms with van der Waals surface area (Å²) in [5.41, 5.74) is 4.82. The minimum atomic E-state index is -0.404. The minimum absolute atomic E-state index is 0.0663. The van der Waals surface area contributed by atoms with Gasteiger partial charge >= 0.3 is 0 Å². The molecule has 35 heavy (non-hydrogen) atoms. The largest absolute Gasteiger partial charge is 0.394 e. The summed E-state index contributed by atoms with van der Waals surface area (Å²) in [6.07, 6.45) is 6.77. The van der Waals surface area contributed by atoms with Crippen LogP contribution in [-0.2, 0) is 14.1 Å². The summed E-state index contributed by atoms with van der Waals surface area (Å²) in [6, 6.07) is 12.5. The van der Waals surface area contributed by atoms with Crippen molar-refractivity contribution in [1.29, 1.82) is 0 Å². The molecule has 1 atom stereocenters. The van der Waals surface area contributed by atoms with Crippen molar-refractivity contribution in [3.8, 4) is 33.6 Å². The molecule has 0 aliphatic heterocycles. The van der Waals surface area contributed by atoms with Gasteiger partial charge in [0.05, 0.1) is 36.3 Å². The fourth-order valence-electron chi connectivity index (χ4n) is 4.04. The van der Waals surface area contributed by atoms with Crippen molar-refractivity contribution < 1.29 is 5.11 Å². The quantitative estimate of drug-likeness (QED) is 0.425. The van der Waals surface area contributed by atoms with Crippen LogP contribution in [0, 0.1) is 0 Å². The minimum Gasteiger partial charge on any atom is -0.394 e. The zero-order valence-electron chi connectivity index (χ0n) is 19.6. The van der Waals surface area contributed by atoms with Crippen LogP contribution in [0.25, 0.3) is 44.5 Å². The first kappa shape index (κ1) is 22.4. The van der Waals surface area contributed by atoms with Gasteiger partial charge in [0.25, 0.3) is 5.56 Å². The molecule has 0 saturated carbocycles. The molecule has 5 aromatic rings. The van der Waals surface area contributed by atoms with Gasteiger partial charge in [-0.05, 0) is 30.2 Å². The Labute approximate surface area is 200 Å². The molecule has 4 heterocycles. The SMILES string of the molecule is C[C@@H](CO)n1cnc2c(-c3cnn(C)c3)nc(-c3ccc(-c4ccc(=O)n(C)c4)cc3)cc2c1=O. The molecule has 0 saturated heterocycles. The van der Waals surface area contributed by atoms with Gasteiger partial charge in [-0.3, -0.25) is 18.8 Å². The van der Waals surface area contributed by atoms with E-state index in [4.69, 9.17) is 4.98 Å². The topological polar surface area (TPSA) is 108 Å². The third kappa shape index (κ3) is 4.06. The summed E-state index contributed by atoms with van der Waals surface area (Å²) >= 11 is 0. The van der Waals surface area contributed by atoms with E-state index >= 15 is 0 Å². The van der Waals surface area contributed by atoms with Crippen molar-refractivity contribution in [2.24, 2.45) is 14.1 Å². The summed E-state index contributed by atoms with van der Waals surface area (Å²) in [4.78, 5) is 34.4. The van der Waals surface area contributed by atoms with E-state index in [1.54, 1.807) is 53.8 Å². The smallest absolute Gasteiger partial charge is 0.261 e. The summed E-state index contributed by atoms with van der Waals surface area (Å²) in [7, 11) is 3.54. The lowest BCUT2D eigenvalue weighted by Gasteiger charge is -2.14. The number of aryl methyl sites for hydroxylation is 2. The van der Waals surface area contributed by atoms with E-state index in [2.05, 4.69) is 10.1 Å². The summed E-state index contributed by atoms with van der Waals surface area (Å²) in [5.74, 6) is 0. The molecule has 0 spiro atoms. The predicted octanol–water partition coefficient (Wildman–Crippen LogP) is 2.78. The number of aliphatic hydroxyl groups excluding tert-OH is 1. The highest BCUT2D eigenvalue weighted by Crippen LogP contribution is 2.30. The maximum atomic E-state index is 13.3. The van der Waals surface area contributed by atoms with E-state index in [1.165, 1.54) is 10.9 Å². The first-order valence-corrected chi connectivity index (χ1v) is 11.1. The fourth-order valence-corrected chi connectivity index (χ4v) is 4.04. The number of aromatic nitrogens is 6. The molecule has 0 radical (unpaired) electrons. The van der Waals surface area contributed by atoms with Crippen molar-refractivity contribution in [1.82, 2.24) is 28.9 Å². The average molecular weight is 469 g/mol. The summed E-state index contributed by atoms with van der Waals surface area (Å²) < 4.78 is 4.65. The Balaban J connectivity index is 1.68. The maximum Gasteiger partial charge on any atom is 0.261 e. The van der Waals surface area contributed by atoms with Crippen LogP contribution in [0.4, 0.5) is 0 Å². The summed E-state index contributed by atoms with van der Waals surface area (Å²) in [5, 5.41) is 14.2. The van der Waals surface area contributed by atoms with Gasteiger partial charge in [-0.2, -0.15) is 5.10 Å². The molecule has 0 amide bonds. The molecule has 0 aliphatic carbocycles. The number of benzene rings is 1. The zero-order chi connectivity index (χ0) is 24.7. The molecule has 176 valence electrons. The highest BCUT2D eigenvalue weighted by Gasteiger charge is 2.17. The van der Waals surface area contributed by atoms with Gasteiger partial charge in [0.1, 0.15) is 11.2 Å². The number of fused-ring (bicyclic) bond motifs is 1. The molecule has 5 rings (SSSR count). The molecule has 0 aliphatic rings. The van der Waals surface area contributed by atoms with Crippen molar-refractivity contribution in [2.45, 2.75) is 13.0 Å². The van der Waals surface area contributed by atoms with Gasteiger partial charge in [-0.15, -0.1) is 0 Å². The second kappa shape index (κ2) is 8.77. The molecular formula is C26H24N6O3. The Morgan fingerprint density at radius 3 is 2.31 bits per heavy atom. The van der Waals surface area contributed by atoms with Gasteiger partial charge in [-0.25, -0.2) is 9.97 Å². The van der Waals surface area contributed by atoms with E-state index in [9.17, 15) is 14.7 Å². The van der Waals surface area contributed by atoms with E-state index in [1.807, 2.05) is 37.5 Å². The Morgan fingerprint density at radius 2 is 1.66 bits per heavy atom. The lowest BCUT2D eigenvalue weighted by atomic mass is 10.0. The lowest BCUT2D eigenvalue weighted by Crippen LogP contribution is -2.25. The predicted molar refractivity (Wildman–Crippen MR) is 134 cm³/mol. The van der Waals surface area contributed by atoms with Gasteiger partial charge < -0.3 is 9.67 Å². The number of aliphatic hydroxyl groups is 1. The van der Waals surface area contributed by atoms with Crippen LogP contribution in [0.5, 0.6) is 0 Å². The van der Waals surface area contributed by atoms with Crippen molar-refractivity contribution >= 4 is 10.9 Å². The average Bonchev–Trinajstić information content (AvgIpc) is 3.31. The van der Waals surface area contributed by atoms with Crippen LogP contribution in [0.3, 0.4) is 0 Å². The number of pyridine rings is 2. The molecular weight excluding hydrogens is 444 g/mol. The monoisotopic (exact) mass is 468 g/mol. The van der Waals surface area contributed by atoms with Crippen LogP contribution >= 0.6 is 0 Å². The molecule has 9 heteroatoms. The van der Waals surface area contributed by atoms with Gasteiger partial charge in [0.2, 0.25) is 5.56 Å². The normalized spacial score (nSPS) is 12.2. The Bertz CT molecular complexity index is 1660. The van der Waals surface area contributed by atoms with Gasteiger partial charge in [-0.1, -0.05) is 24.3 Å². The van der Waals surface area contributed by atoms with Crippen molar-refractivity contribution in [3.05, 3.63) is 88.1 Å². The van der Waals surface area contributed by atoms with Crippen molar-refractivity contribution in [2.75, 3.05) is 6.61 Å². The van der Waals surface area contributed by atoms with E-state index < -0.39 is 6.04 Å². The number of nitrogens with zero attached hydrogens (tertiary/aromatic N) is 6. The number of rotatable bonds is 5. The zero-order valence-corrected chi connectivity index (χ0v) is 19.6. The molecule has 4 aromatic heterocycles. The Morgan fingerprint density at radius 1 is 0.943 bits per heavy atom. The van der Waals surface area contributed by atoms with Gasteiger partial charge in [0, 0.05) is 43.7 Å². The van der Waals surface area contributed by atoms with Crippen LogP contribution < -0.4 is 11.1 Å². The second-order valence-corrected chi connectivity index (χ2v) is 8.59. The first-order chi connectivity index (χ1) is 16.9. The van der Waals surface area contributed by atoms with Crippen LogP contribution in [0.2, 0.25) is 0 Å². The van der Waals surface area contributed by atoms with Gasteiger partial charge in [0.15, 0.2) is 0 Å². The standard InChI is InChI=1S/C26H24N6O3/c1-16(14-33)32-15-27-25-21(26(32)35)10-22(29-24(25)20-11-28-31(3)13-20)18-6-4-17(5-7-18)19-8-9-23(34)30(2)12-19/h4-13,15-16,33H,14H2,1-3H3/t16-/m0/s1. The molecule has 9 nitrogen and oxygen atoms in total. The summed E-state index contributed by atoms with van der Waals surface area (Å²) in [6.45, 7) is 1.59. The van der Waals surface area contributed by atoms with Crippen LogP contribution in [0.15, 0.2) is 77.0 Å². The van der Waals surface area contributed by atoms with E-state index in [0.29, 0.717) is 22.3 Å². The third-order valence-corrected chi connectivity index (χ3v) is 6.09. The molecule has 0 bridgehead atoms. The highest BCUT2D eigenvalue weighted by molar-refractivity contribution is 5.93. The first-order valence-electron chi connectivity index (χ1n) is 11.1. The molecule has 1 aromatic carbocycles. The van der Waals surface area contributed by atoms with Crippen LogP contribution in [0.1, 0.15) is 13.0 Å². The fraction of sp³-hybridized carbons (Fsp3) is 0.192. The molecule has 1 N–H and O–H groups in total. The Hall–Kier alpha value is -4.37. The molecule has 0 unspecified atom stereocenters. The van der Waals surface area contributed by atoms with E-state index in [0.717, 1.165) is 22.3 Å². The lowest BCUT2D eigenvalue weighted by molar-refractivity contribution is 0.236. The number of hydrogen-bond acceptors (Lipinski definition) is 6. The highest BCUT2D eigenvalue weighted by atomic mass is 16.3. The maximum absolute atomic E-state index is 13.3. The molecule has 0 fully saturated rings. The third-order valence-electron chi connectivity index (χ3n) is 6.09. The van der Waals surface area contributed by atoms with E-state index in [-0.39, 0.29) is 17.7 Å². The number of hydrogen-bond donors (Lipinski definition) is 1. The van der Waals surface area contributed by atoms with Crippen molar-refractivity contribution in [3.63, 3.8) is 0 Å².